The maximum Gasteiger partial charge on any atom is 0.408 e. The van der Waals surface area contributed by atoms with E-state index in [4.69, 9.17) is 14.6 Å². The third-order valence-electron chi connectivity index (χ3n) is 2.81. The molecule has 1 unspecified atom stereocenters. The van der Waals surface area contributed by atoms with E-state index in [0.717, 1.165) is 0 Å². The molecule has 0 heterocycles. The minimum absolute atomic E-state index is 0.0255. The lowest BCUT2D eigenvalue weighted by Crippen LogP contribution is -2.35. The highest BCUT2D eigenvalue weighted by Crippen LogP contribution is 2.41. The Morgan fingerprint density at radius 1 is 1.22 bits per heavy atom. The summed E-state index contributed by atoms with van der Waals surface area (Å²) in [5.74, 6) is -2.27. The first-order chi connectivity index (χ1) is 10.5. The second-order valence-corrected chi connectivity index (χ2v) is 5.85. The van der Waals surface area contributed by atoms with Gasteiger partial charge < -0.3 is 30.1 Å². The summed E-state index contributed by atoms with van der Waals surface area (Å²) in [7, 11) is 1.31. The van der Waals surface area contributed by atoms with E-state index < -0.39 is 41.6 Å². The van der Waals surface area contributed by atoms with Gasteiger partial charge >= 0.3 is 12.1 Å². The summed E-state index contributed by atoms with van der Waals surface area (Å²) in [6, 6.07) is 1.63. The van der Waals surface area contributed by atoms with Crippen LogP contribution in [0, 0.1) is 0 Å². The van der Waals surface area contributed by atoms with Gasteiger partial charge in [-0.15, -0.1) is 0 Å². The Hall–Kier alpha value is -2.64. The average Bonchev–Trinajstić information content (AvgIpc) is 2.38. The van der Waals surface area contributed by atoms with Crippen molar-refractivity contribution < 1.29 is 34.4 Å². The van der Waals surface area contributed by atoms with Crippen LogP contribution in [0.4, 0.5) is 4.79 Å². The van der Waals surface area contributed by atoms with Crippen molar-refractivity contribution >= 4 is 12.1 Å². The van der Waals surface area contributed by atoms with Gasteiger partial charge in [-0.3, -0.25) is 4.79 Å². The molecular formula is C15H21NO7. The van der Waals surface area contributed by atoms with Crippen LogP contribution in [0.2, 0.25) is 0 Å². The Balaban J connectivity index is 3.10. The summed E-state index contributed by atoms with van der Waals surface area (Å²) in [4.78, 5) is 22.9. The smallest absolute Gasteiger partial charge is 0.408 e. The highest BCUT2D eigenvalue weighted by atomic mass is 16.6. The molecule has 1 atom stereocenters. The van der Waals surface area contributed by atoms with E-state index in [9.17, 15) is 19.8 Å². The molecule has 0 saturated carbocycles. The molecule has 0 fully saturated rings. The first-order valence-electron chi connectivity index (χ1n) is 6.85. The Kier molecular flexibility index (Phi) is 5.67. The Morgan fingerprint density at radius 2 is 1.83 bits per heavy atom. The summed E-state index contributed by atoms with van der Waals surface area (Å²) < 4.78 is 9.92. The van der Waals surface area contributed by atoms with Crippen LogP contribution in [0.5, 0.6) is 17.2 Å². The molecule has 1 aromatic carbocycles. The van der Waals surface area contributed by atoms with Crippen molar-refractivity contribution in [1.29, 1.82) is 0 Å². The van der Waals surface area contributed by atoms with Crippen molar-refractivity contribution in [1.82, 2.24) is 5.32 Å². The number of benzene rings is 1. The lowest BCUT2D eigenvalue weighted by Gasteiger charge is -2.24. The van der Waals surface area contributed by atoms with Crippen molar-refractivity contribution in [3.8, 4) is 17.2 Å². The number of carboxylic acid groups (broad SMARTS) is 1. The number of carbonyl (C=O) groups excluding carboxylic acids is 1. The van der Waals surface area contributed by atoms with Gasteiger partial charge in [-0.1, -0.05) is 0 Å². The fourth-order valence-electron chi connectivity index (χ4n) is 1.89. The molecule has 1 amide bonds. The first kappa shape index (κ1) is 18.4. The topological polar surface area (TPSA) is 125 Å². The van der Waals surface area contributed by atoms with Crippen LogP contribution in [-0.2, 0) is 9.53 Å². The summed E-state index contributed by atoms with van der Waals surface area (Å²) >= 11 is 0. The van der Waals surface area contributed by atoms with Gasteiger partial charge in [-0.05, 0) is 32.9 Å². The van der Waals surface area contributed by atoms with E-state index in [1.165, 1.54) is 19.2 Å². The van der Waals surface area contributed by atoms with Gasteiger partial charge in [0.1, 0.15) is 5.60 Å². The van der Waals surface area contributed by atoms with E-state index >= 15 is 0 Å². The number of phenolic OH excluding ortho intramolecular Hbond substituents is 2. The zero-order valence-electron chi connectivity index (χ0n) is 13.4. The van der Waals surface area contributed by atoms with Gasteiger partial charge in [0.2, 0.25) is 5.75 Å². The van der Waals surface area contributed by atoms with Crippen LogP contribution >= 0.6 is 0 Å². The molecule has 0 aliphatic rings. The van der Waals surface area contributed by atoms with Crippen molar-refractivity contribution in [2.45, 2.75) is 38.8 Å². The van der Waals surface area contributed by atoms with Crippen LogP contribution in [0.15, 0.2) is 12.1 Å². The van der Waals surface area contributed by atoms with E-state index in [2.05, 4.69) is 5.32 Å². The van der Waals surface area contributed by atoms with E-state index in [0.29, 0.717) is 0 Å². The Morgan fingerprint density at radius 3 is 2.30 bits per heavy atom. The number of methoxy groups -OCH3 is 1. The number of hydrogen-bond donors (Lipinski definition) is 4. The third-order valence-corrected chi connectivity index (χ3v) is 2.81. The second kappa shape index (κ2) is 7.08. The molecule has 1 aromatic rings. The molecule has 0 saturated heterocycles. The quantitative estimate of drug-likeness (QED) is 0.610. The number of aliphatic carboxylic acids is 1. The number of carboxylic acids is 1. The zero-order valence-corrected chi connectivity index (χ0v) is 13.4. The monoisotopic (exact) mass is 327 g/mol. The Labute approximate surface area is 133 Å². The molecule has 128 valence electrons. The number of nitrogens with one attached hydrogen (secondary N) is 1. The first-order valence-corrected chi connectivity index (χ1v) is 6.85. The van der Waals surface area contributed by atoms with Gasteiger partial charge in [0, 0.05) is 5.56 Å². The molecule has 4 N–H and O–H groups in total. The summed E-state index contributed by atoms with van der Waals surface area (Å²) in [5, 5.41) is 31.2. The summed E-state index contributed by atoms with van der Waals surface area (Å²) in [5.41, 5.74) is -0.723. The number of amides is 1. The van der Waals surface area contributed by atoms with Crippen LogP contribution in [0.1, 0.15) is 38.8 Å². The normalized spacial score (nSPS) is 12.3. The highest BCUT2D eigenvalue weighted by molar-refractivity contribution is 5.73. The van der Waals surface area contributed by atoms with Crippen molar-refractivity contribution in [3.63, 3.8) is 0 Å². The number of alkyl carbamates (subject to hydrolysis) is 1. The van der Waals surface area contributed by atoms with Crippen LogP contribution in [-0.4, -0.2) is 40.1 Å². The molecular weight excluding hydrogens is 306 g/mol. The molecule has 8 heteroatoms. The summed E-state index contributed by atoms with van der Waals surface area (Å²) in [6.07, 6.45) is -1.34. The lowest BCUT2D eigenvalue weighted by molar-refractivity contribution is -0.137. The molecule has 23 heavy (non-hydrogen) atoms. The van der Waals surface area contributed by atoms with Crippen LogP contribution < -0.4 is 10.1 Å². The number of ether oxygens (including phenoxy) is 2. The molecule has 0 aliphatic heterocycles. The Bertz CT molecular complexity index is 592. The predicted molar refractivity (Wildman–Crippen MR) is 80.7 cm³/mol. The van der Waals surface area contributed by atoms with Gasteiger partial charge in [0.15, 0.2) is 11.5 Å². The van der Waals surface area contributed by atoms with Gasteiger partial charge in [0.05, 0.1) is 19.6 Å². The number of carbonyl (C=O) groups is 2. The zero-order chi connectivity index (χ0) is 17.8. The van der Waals surface area contributed by atoms with E-state index in [1.807, 2.05) is 0 Å². The maximum absolute atomic E-state index is 11.8. The number of phenols is 2. The van der Waals surface area contributed by atoms with Crippen LogP contribution in [0.3, 0.4) is 0 Å². The van der Waals surface area contributed by atoms with Crippen molar-refractivity contribution in [3.05, 3.63) is 17.7 Å². The van der Waals surface area contributed by atoms with Gasteiger partial charge in [0.25, 0.3) is 0 Å². The van der Waals surface area contributed by atoms with Crippen molar-refractivity contribution in [2.24, 2.45) is 0 Å². The molecule has 0 aromatic heterocycles. The van der Waals surface area contributed by atoms with E-state index in [-0.39, 0.29) is 11.3 Å². The molecule has 0 bridgehead atoms. The average molecular weight is 327 g/mol. The maximum atomic E-state index is 11.8. The molecule has 0 radical (unpaired) electrons. The standard InChI is InChI=1S/C15H21NO7/c1-15(2,3)23-14(21)16-9(7-11(17)18)8-5-6-10(22-4)13(20)12(8)19/h5-6,9,19-20H,7H2,1-4H3,(H,16,21)(H,17,18). The van der Waals surface area contributed by atoms with Crippen LogP contribution in [0.25, 0.3) is 0 Å². The van der Waals surface area contributed by atoms with Gasteiger partial charge in [-0.25, -0.2) is 4.79 Å². The SMILES string of the molecule is COc1ccc(C(CC(=O)O)NC(=O)OC(C)(C)C)c(O)c1O. The lowest BCUT2D eigenvalue weighted by atomic mass is 10.0. The minimum atomic E-state index is -1.19. The largest absolute Gasteiger partial charge is 0.504 e. The summed E-state index contributed by atoms with van der Waals surface area (Å²) in [6.45, 7) is 4.99. The molecule has 0 spiro atoms. The second-order valence-electron chi connectivity index (χ2n) is 5.85. The molecule has 0 aliphatic carbocycles. The molecule has 8 nitrogen and oxygen atoms in total. The van der Waals surface area contributed by atoms with Crippen molar-refractivity contribution in [2.75, 3.05) is 7.11 Å². The predicted octanol–water partition coefficient (Wildman–Crippen LogP) is 2.15. The fourth-order valence-corrected chi connectivity index (χ4v) is 1.89. The number of rotatable bonds is 5. The van der Waals surface area contributed by atoms with E-state index in [1.54, 1.807) is 20.8 Å². The minimum Gasteiger partial charge on any atom is -0.504 e. The third kappa shape index (κ3) is 5.24. The van der Waals surface area contributed by atoms with Gasteiger partial charge in [-0.2, -0.15) is 0 Å². The highest BCUT2D eigenvalue weighted by Gasteiger charge is 2.26. The molecule has 1 rings (SSSR count). The fraction of sp³-hybridized carbons (Fsp3) is 0.467. The number of aromatic hydroxyl groups is 2. The number of hydrogen-bond acceptors (Lipinski definition) is 6.